The van der Waals surface area contributed by atoms with E-state index in [0.717, 1.165) is 5.56 Å². The number of aromatic nitrogens is 1. The molecule has 0 radical (unpaired) electrons. The minimum atomic E-state index is -0.795. The van der Waals surface area contributed by atoms with Crippen LogP contribution in [0, 0.1) is 0 Å². The number of aliphatic carboxylic acids is 1. The third-order valence-electron chi connectivity index (χ3n) is 2.64. The monoisotopic (exact) mass is 238 g/mol. The Morgan fingerprint density at radius 1 is 1.59 bits per heavy atom. The molecule has 1 aromatic heterocycles. The van der Waals surface area contributed by atoms with Crippen molar-refractivity contribution in [1.82, 2.24) is 9.88 Å². The number of pyridine rings is 1. The van der Waals surface area contributed by atoms with Crippen molar-refractivity contribution in [2.24, 2.45) is 0 Å². The zero-order chi connectivity index (χ0) is 12.8. The second-order valence-electron chi connectivity index (χ2n) is 3.89. The zero-order valence-electron chi connectivity index (χ0n) is 10.4. The van der Waals surface area contributed by atoms with E-state index in [1.165, 1.54) is 0 Å². The Kier molecular flexibility index (Phi) is 4.90. The third kappa shape index (κ3) is 3.71. The first-order chi connectivity index (χ1) is 8.08. The molecule has 0 saturated heterocycles. The van der Waals surface area contributed by atoms with Crippen molar-refractivity contribution in [1.29, 1.82) is 0 Å². The summed E-state index contributed by atoms with van der Waals surface area (Å²) in [5.41, 5.74) is 0.966. The van der Waals surface area contributed by atoms with Gasteiger partial charge in [-0.1, -0.05) is 13.0 Å². The molecule has 1 atom stereocenters. The number of methoxy groups -OCH3 is 1. The van der Waals surface area contributed by atoms with Gasteiger partial charge in [0, 0.05) is 18.8 Å². The highest BCUT2D eigenvalue weighted by molar-refractivity contribution is 5.73. The summed E-state index contributed by atoms with van der Waals surface area (Å²) in [6, 6.07) is 3.19. The zero-order valence-corrected chi connectivity index (χ0v) is 10.4. The molecule has 1 unspecified atom stereocenters. The molecule has 0 aliphatic carbocycles. The fourth-order valence-corrected chi connectivity index (χ4v) is 1.70. The molecule has 5 nitrogen and oxygen atoms in total. The minimum Gasteiger partial charge on any atom is -0.481 e. The van der Waals surface area contributed by atoms with Crippen LogP contribution in [0.15, 0.2) is 18.3 Å². The Bertz CT molecular complexity index is 365. The van der Waals surface area contributed by atoms with Crippen LogP contribution in [0.1, 0.15) is 18.9 Å². The summed E-state index contributed by atoms with van der Waals surface area (Å²) >= 11 is 0. The summed E-state index contributed by atoms with van der Waals surface area (Å²) in [6.45, 7) is 2.42. The normalized spacial score (nSPS) is 12.5. The standard InChI is InChI=1S/C12H18N2O3/c1-4-10(12(15)16)14(2)8-9-5-6-11(17-3)13-7-9/h5-7,10H,4,8H2,1-3H3,(H,15,16). The van der Waals surface area contributed by atoms with E-state index in [1.54, 1.807) is 31.3 Å². The van der Waals surface area contributed by atoms with Crippen molar-refractivity contribution >= 4 is 5.97 Å². The lowest BCUT2D eigenvalue weighted by molar-refractivity contribution is -0.143. The van der Waals surface area contributed by atoms with Crippen LogP contribution in [0.4, 0.5) is 0 Å². The molecule has 0 saturated carbocycles. The molecular weight excluding hydrogens is 220 g/mol. The van der Waals surface area contributed by atoms with Gasteiger partial charge in [-0.15, -0.1) is 0 Å². The first-order valence-corrected chi connectivity index (χ1v) is 5.50. The maximum absolute atomic E-state index is 11.0. The van der Waals surface area contributed by atoms with E-state index >= 15 is 0 Å². The van der Waals surface area contributed by atoms with Crippen molar-refractivity contribution in [3.8, 4) is 5.88 Å². The van der Waals surface area contributed by atoms with E-state index in [2.05, 4.69) is 4.98 Å². The lowest BCUT2D eigenvalue weighted by atomic mass is 10.2. The molecule has 0 aromatic carbocycles. The molecule has 0 aliphatic heterocycles. The molecule has 5 heteroatoms. The van der Waals surface area contributed by atoms with Crippen molar-refractivity contribution < 1.29 is 14.6 Å². The Morgan fingerprint density at radius 3 is 2.71 bits per heavy atom. The number of ether oxygens (including phenoxy) is 1. The number of hydrogen-bond donors (Lipinski definition) is 1. The molecule has 0 bridgehead atoms. The largest absolute Gasteiger partial charge is 0.481 e. The number of carboxylic acid groups (broad SMARTS) is 1. The quantitative estimate of drug-likeness (QED) is 0.811. The summed E-state index contributed by atoms with van der Waals surface area (Å²) in [5, 5.41) is 9.03. The van der Waals surface area contributed by atoms with E-state index in [0.29, 0.717) is 18.8 Å². The average molecular weight is 238 g/mol. The van der Waals surface area contributed by atoms with E-state index in [1.807, 2.05) is 13.0 Å². The van der Waals surface area contributed by atoms with Crippen molar-refractivity contribution in [2.75, 3.05) is 14.2 Å². The molecule has 1 aromatic rings. The second-order valence-corrected chi connectivity index (χ2v) is 3.89. The van der Waals surface area contributed by atoms with Gasteiger partial charge in [0.15, 0.2) is 0 Å². The number of nitrogens with zero attached hydrogens (tertiary/aromatic N) is 2. The first kappa shape index (κ1) is 13.4. The average Bonchev–Trinajstić information content (AvgIpc) is 2.30. The van der Waals surface area contributed by atoms with Gasteiger partial charge in [-0.2, -0.15) is 0 Å². The number of hydrogen-bond acceptors (Lipinski definition) is 4. The van der Waals surface area contributed by atoms with Crippen LogP contribution in [-0.2, 0) is 11.3 Å². The fraction of sp³-hybridized carbons (Fsp3) is 0.500. The van der Waals surface area contributed by atoms with Gasteiger partial charge in [0.2, 0.25) is 5.88 Å². The van der Waals surface area contributed by atoms with Gasteiger partial charge in [-0.25, -0.2) is 4.98 Å². The lowest BCUT2D eigenvalue weighted by Gasteiger charge is -2.23. The number of likely N-dealkylation sites (N-methyl/N-ethyl adjacent to an activating group) is 1. The van der Waals surface area contributed by atoms with Crippen molar-refractivity contribution in [3.05, 3.63) is 23.9 Å². The molecule has 17 heavy (non-hydrogen) atoms. The number of rotatable bonds is 6. The van der Waals surface area contributed by atoms with Gasteiger partial charge >= 0.3 is 5.97 Å². The molecule has 1 heterocycles. The molecule has 1 N–H and O–H groups in total. The third-order valence-corrected chi connectivity index (χ3v) is 2.64. The molecule has 0 amide bonds. The van der Waals surface area contributed by atoms with E-state index in [4.69, 9.17) is 9.84 Å². The predicted molar refractivity (Wildman–Crippen MR) is 64.0 cm³/mol. The Balaban J connectivity index is 2.66. The van der Waals surface area contributed by atoms with Crippen LogP contribution in [0.3, 0.4) is 0 Å². The highest BCUT2D eigenvalue weighted by Crippen LogP contribution is 2.11. The van der Waals surface area contributed by atoms with Crippen LogP contribution in [0.25, 0.3) is 0 Å². The molecular formula is C12H18N2O3. The fourth-order valence-electron chi connectivity index (χ4n) is 1.70. The summed E-state index contributed by atoms with van der Waals surface area (Å²) in [7, 11) is 3.36. The summed E-state index contributed by atoms with van der Waals surface area (Å²) < 4.78 is 4.96. The van der Waals surface area contributed by atoms with Gasteiger partial charge in [0.05, 0.1) is 7.11 Å². The van der Waals surface area contributed by atoms with Gasteiger partial charge < -0.3 is 9.84 Å². The predicted octanol–water partition coefficient (Wildman–Crippen LogP) is 1.39. The SMILES string of the molecule is CCC(C(=O)O)N(C)Cc1ccc(OC)nc1. The Morgan fingerprint density at radius 2 is 2.29 bits per heavy atom. The topological polar surface area (TPSA) is 62.7 Å². The molecule has 1 rings (SSSR count). The van der Waals surface area contributed by atoms with Gasteiger partial charge in [0.25, 0.3) is 0 Å². The molecule has 0 fully saturated rings. The summed E-state index contributed by atoms with van der Waals surface area (Å²) in [5.74, 6) is -0.238. The molecule has 0 spiro atoms. The van der Waals surface area contributed by atoms with Crippen molar-refractivity contribution in [3.63, 3.8) is 0 Å². The Labute approximate surface area is 101 Å². The van der Waals surface area contributed by atoms with Crippen LogP contribution in [-0.4, -0.2) is 41.2 Å². The van der Waals surface area contributed by atoms with Crippen LogP contribution in [0.2, 0.25) is 0 Å². The minimum absolute atomic E-state index is 0.461. The first-order valence-electron chi connectivity index (χ1n) is 5.50. The smallest absolute Gasteiger partial charge is 0.320 e. The number of carboxylic acids is 1. The van der Waals surface area contributed by atoms with Crippen molar-refractivity contribution in [2.45, 2.75) is 25.9 Å². The Hall–Kier alpha value is -1.62. The second kappa shape index (κ2) is 6.20. The highest BCUT2D eigenvalue weighted by Gasteiger charge is 2.20. The van der Waals surface area contributed by atoms with E-state index in [9.17, 15) is 4.79 Å². The van der Waals surface area contributed by atoms with Gasteiger partial charge in [-0.3, -0.25) is 9.69 Å². The summed E-state index contributed by atoms with van der Waals surface area (Å²) in [4.78, 5) is 16.9. The number of carbonyl (C=O) groups is 1. The lowest BCUT2D eigenvalue weighted by Crippen LogP contribution is -2.37. The maximum Gasteiger partial charge on any atom is 0.320 e. The molecule has 0 aliphatic rings. The van der Waals surface area contributed by atoms with E-state index in [-0.39, 0.29) is 0 Å². The van der Waals surface area contributed by atoms with Crippen LogP contribution >= 0.6 is 0 Å². The summed E-state index contributed by atoms with van der Waals surface area (Å²) in [6.07, 6.45) is 2.28. The molecule has 94 valence electrons. The maximum atomic E-state index is 11.0. The van der Waals surface area contributed by atoms with Gasteiger partial charge in [0.1, 0.15) is 6.04 Å². The highest BCUT2D eigenvalue weighted by atomic mass is 16.5. The van der Waals surface area contributed by atoms with E-state index < -0.39 is 12.0 Å². The van der Waals surface area contributed by atoms with Crippen LogP contribution < -0.4 is 4.74 Å². The van der Waals surface area contributed by atoms with Gasteiger partial charge in [-0.05, 0) is 19.0 Å². The van der Waals surface area contributed by atoms with Crippen LogP contribution in [0.5, 0.6) is 5.88 Å².